The lowest BCUT2D eigenvalue weighted by Gasteiger charge is -2.27. The highest BCUT2D eigenvalue weighted by Crippen LogP contribution is 2.37. The number of rotatable bonds is 4. The molecule has 1 aliphatic rings. The fourth-order valence-corrected chi connectivity index (χ4v) is 3.33. The molecule has 2 heterocycles. The summed E-state index contributed by atoms with van der Waals surface area (Å²) in [5.74, 6) is -0.312. The number of carbonyl (C=O) groups is 1. The van der Waals surface area contributed by atoms with Crippen LogP contribution in [0.3, 0.4) is 0 Å². The summed E-state index contributed by atoms with van der Waals surface area (Å²) in [5.41, 5.74) is 2.45. The van der Waals surface area contributed by atoms with E-state index in [1.54, 1.807) is 12.3 Å². The molecule has 0 saturated carbocycles. The number of esters is 1. The van der Waals surface area contributed by atoms with Gasteiger partial charge in [0.05, 0.1) is 16.7 Å². The zero-order chi connectivity index (χ0) is 17.3. The SMILES string of the molecule is O=C1O[C@]([NH2+]Cc2cccnc2)(c2ccc(Cl)cc2)c2ccccc21. The van der Waals surface area contributed by atoms with Crippen LogP contribution in [0.2, 0.25) is 5.02 Å². The number of pyridine rings is 1. The highest BCUT2D eigenvalue weighted by molar-refractivity contribution is 6.30. The van der Waals surface area contributed by atoms with Gasteiger partial charge in [-0.2, -0.15) is 0 Å². The van der Waals surface area contributed by atoms with Crippen LogP contribution in [-0.2, 0) is 17.0 Å². The van der Waals surface area contributed by atoms with Crippen molar-refractivity contribution in [1.29, 1.82) is 0 Å². The Morgan fingerprint density at radius 3 is 2.60 bits per heavy atom. The second kappa shape index (κ2) is 6.31. The predicted molar refractivity (Wildman–Crippen MR) is 94.0 cm³/mol. The molecule has 2 N–H and O–H groups in total. The van der Waals surface area contributed by atoms with E-state index in [1.807, 2.05) is 66.1 Å². The number of halogens is 1. The number of hydrogen-bond acceptors (Lipinski definition) is 3. The zero-order valence-electron chi connectivity index (χ0n) is 13.4. The summed E-state index contributed by atoms with van der Waals surface area (Å²) in [7, 11) is 0. The minimum Gasteiger partial charge on any atom is -0.397 e. The van der Waals surface area contributed by atoms with Gasteiger partial charge in [0, 0.05) is 23.0 Å². The summed E-state index contributed by atoms with van der Waals surface area (Å²) < 4.78 is 5.91. The Balaban J connectivity index is 1.79. The summed E-state index contributed by atoms with van der Waals surface area (Å²) in [6.07, 6.45) is 3.55. The van der Waals surface area contributed by atoms with Gasteiger partial charge in [-0.25, -0.2) is 4.79 Å². The molecule has 1 aromatic heterocycles. The van der Waals surface area contributed by atoms with Crippen LogP contribution >= 0.6 is 11.6 Å². The number of fused-ring (bicyclic) bond motifs is 1. The first-order valence-electron chi connectivity index (χ1n) is 8.01. The molecule has 2 aromatic carbocycles. The molecular weight excluding hydrogens is 336 g/mol. The molecule has 5 heteroatoms. The number of nitrogens with two attached hydrogens (primary N) is 1. The summed E-state index contributed by atoms with van der Waals surface area (Å²) in [5, 5.41) is 2.67. The smallest absolute Gasteiger partial charge is 0.344 e. The summed E-state index contributed by atoms with van der Waals surface area (Å²) >= 11 is 6.04. The Morgan fingerprint density at radius 2 is 1.84 bits per heavy atom. The average molecular weight is 352 g/mol. The maximum absolute atomic E-state index is 12.5. The number of hydrogen-bond donors (Lipinski definition) is 1. The summed E-state index contributed by atoms with van der Waals surface area (Å²) in [6, 6.07) is 18.8. The normalized spacial score (nSPS) is 18.7. The quantitative estimate of drug-likeness (QED) is 0.735. The molecule has 25 heavy (non-hydrogen) atoms. The third kappa shape index (κ3) is 2.80. The summed E-state index contributed by atoms with van der Waals surface area (Å²) in [6.45, 7) is 0.623. The molecule has 0 radical (unpaired) electrons. The van der Waals surface area contributed by atoms with Crippen LogP contribution in [-0.4, -0.2) is 11.0 Å². The van der Waals surface area contributed by atoms with Gasteiger partial charge < -0.3 is 4.74 Å². The van der Waals surface area contributed by atoms with E-state index in [1.165, 1.54) is 0 Å². The van der Waals surface area contributed by atoms with Crippen LogP contribution in [0.4, 0.5) is 0 Å². The molecule has 0 saturated heterocycles. The molecule has 4 nitrogen and oxygen atoms in total. The first-order chi connectivity index (χ1) is 12.2. The van der Waals surface area contributed by atoms with Crippen LogP contribution in [0.5, 0.6) is 0 Å². The van der Waals surface area contributed by atoms with Crippen LogP contribution in [0, 0.1) is 0 Å². The van der Waals surface area contributed by atoms with Crippen molar-refractivity contribution in [2.75, 3.05) is 0 Å². The maximum Gasteiger partial charge on any atom is 0.344 e. The van der Waals surface area contributed by atoms with Gasteiger partial charge >= 0.3 is 5.97 Å². The van der Waals surface area contributed by atoms with E-state index in [2.05, 4.69) is 4.98 Å². The van der Waals surface area contributed by atoms with Gasteiger partial charge in [0.25, 0.3) is 5.72 Å². The van der Waals surface area contributed by atoms with Crippen molar-refractivity contribution in [2.24, 2.45) is 0 Å². The number of cyclic esters (lactones) is 1. The Morgan fingerprint density at radius 1 is 1.04 bits per heavy atom. The molecule has 0 amide bonds. The number of aromatic nitrogens is 1. The fraction of sp³-hybridized carbons (Fsp3) is 0.100. The van der Waals surface area contributed by atoms with Crippen LogP contribution in [0.15, 0.2) is 73.1 Å². The third-order valence-electron chi connectivity index (χ3n) is 4.42. The minimum absolute atomic E-state index is 0.312. The maximum atomic E-state index is 12.5. The van der Waals surface area contributed by atoms with E-state index in [0.29, 0.717) is 17.1 Å². The van der Waals surface area contributed by atoms with Gasteiger partial charge in [-0.05, 0) is 42.5 Å². The number of nitrogens with zero attached hydrogens (tertiary/aromatic N) is 1. The van der Waals surface area contributed by atoms with Crippen molar-refractivity contribution in [3.63, 3.8) is 0 Å². The van der Waals surface area contributed by atoms with Gasteiger partial charge in [-0.15, -0.1) is 0 Å². The lowest BCUT2D eigenvalue weighted by molar-refractivity contribution is -0.775. The van der Waals surface area contributed by atoms with E-state index in [9.17, 15) is 4.79 Å². The lowest BCUT2D eigenvalue weighted by Crippen LogP contribution is -2.94. The van der Waals surface area contributed by atoms with Crippen molar-refractivity contribution in [2.45, 2.75) is 12.3 Å². The van der Waals surface area contributed by atoms with E-state index < -0.39 is 5.72 Å². The van der Waals surface area contributed by atoms with Crippen molar-refractivity contribution in [3.05, 3.63) is 100 Å². The van der Waals surface area contributed by atoms with Gasteiger partial charge in [0.2, 0.25) is 0 Å². The molecule has 0 unspecified atom stereocenters. The summed E-state index contributed by atoms with van der Waals surface area (Å²) in [4.78, 5) is 16.6. The van der Waals surface area contributed by atoms with Crippen LogP contribution in [0.25, 0.3) is 0 Å². The van der Waals surface area contributed by atoms with Crippen LogP contribution < -0.4 is 5.32 Å². The molecular formula is C20H16ClN2O2+. The Labute approximate surface area is 150 Å². The molecule has 1 atom stereocenters. The topological polar surface area (TPSA) is 55.8 Å². The van der Waals surface area contributed by atoms with E-state index in [0.717, 1.165) is 16.7 Å². The number of benzene rings is 2. The van der Waals surface area contributed by atoms with E-state index in [4.69, 9.17) is 16.3 Å². The second-order valence-corrected chi connectivity index (χ2v) is 6.38. The van der Waals surface area contributed by atoms with Gasteiger partial charge in [-0.1, -0.05) is 29.8 Å². The molecule has 0 spiro atoms. The monoisotopic (exact) mass is 351 g/mol. The van der Waals surface area contributed by atoms with Gasteiger partial charge in [0.15, 0.2) is 0 Å². The Bertz CT molecular complexity index is 912. The Hall–Kier alpha value is -2.69. The van der Waals surface area contributed by atoms with Crippen molar-refractivity contribution < 1.29 is 14.8 Å². The van der Waals surface area contributed by atoms with Gasteiger partial charge in [0.1, 0.15) is 6.54 Å². The molecule has 3 aromatic rings. The van der Waals surface area contributed by atoms with Crippen LogP contribution in [0.1, 0.15) is 27.0 Å². The van der Waals surface area contributed by atoms with Gasteiger partial charge in [-0.3, -0.25) is 10.3 Å². The standard InChI is InChI=1S/C20H15ClN2O2/c21-16-9-7-15(8-10-16)20(23-13-14-4-3-11-22-12-14)18-6-2-1-5-17(18)19(24)25-20/h1-12,23H,13H2/p+1/t20-/m1/s1. The average Bonchev–Trinajstić information content (AvgIpc) is 2.95. The second-order valence-electron chi connectivity index (χ2n) is 5.95. The fourth-order valence-electron chi connectivity index (χ4n) is 3.20. The molecule has 0 aliphatic carbocycles. The third-order valence-corrected chi connectivity index (χ3v) is 4.67. The number of quaternary nitrogens is 1. The Kier molecular flexibility index (Phi) is 3.99. The highest BCUT2D eigenvalue weighted by Gasteiger charge is 2.50. The lowest BCUT2D eigenvalue weighted by atomic mass is 9.92. The van der Waals surface area contributed by atoms with Crippen molar-refractivity contribution in [3.8, 4) is 0 Å². The number of ether oxygens (including phenoxy) is 1. The van der Waals surface area contributed by atoms with Crippen molar-refractivity contribution >= 4 is 17.6 Å². The molecule has 1 aliphatic heterocycles. The van der Waals surface area contributed by atoms with E-state index >= 15 is 0 Å². The zero-order valence-corrected chi connectivity index (χ0v) is 14.1. The number of carbonyl (C=O) groups excluding carboxylic acids is 1. The molecule has 0 bridgehead atoms. The first-order valence-corrected chi connectivity index (χ1v) is 8.39. The molecule has 0 fully saturated rings. The minimum atomic E-state index is -0.923. The van der Waals surface area contributed by atoms with Crippen molar-refractivity contribution in [1.82, 2.24) is 4.98 Å². The molecule has 124 valence electrons. The van der Waals surface area contributed by atoms with E-state index in [-0.39, 0.29) is 5.97 Å². The first kappa shape index (κ1) is 15.8. The largest absolute Gasteiger partial charge is 0.397 e. The molecule has 4 rings (SSSR count). The highest BCUT2D eigenvalue weighted by atomic mass is 35.5. The predicted octanol–water partition coefficient (Wildman–Crippen LogP) is 2.87.